The smallest absolute Gasteiger partial charge is 0.261 e. The van der Waals surface area contributed by atoms with Crippen molar-refractivity contribution in [3.05, 3.63) is 34.7 Å². The van der Waals surface area contributed by atoms with Gasteiger partial charge in [-0.1, -0.05) is 37.0 Å². The van der Waals surface area contributed by atoms with Crippen molar-refractivity contribution in [1.29, 1.82) is 0 Å². The highest BCUT2D eigenvalue weighted by Crippen LogP contribution is 2.28. The van der Waals surface area contributed by atoms with Crippen molar-refractivity contribution in [2.24, 2.45) is 11.7 Å². The minimum absolute atomic E-state index is 0.350. The molecule has 0 aromatic heterocycles. The van der Waals surface area contributed by atoms with Gasteiger partial charge in [-0.25, -0.2) is 0 Å². The minimum atomic E-state index is -0.391. The van der Waals surface area contributed by atoms with Crippen molar-refractivity contribution < 1.29 is 4.76 Å². The van der Waals surface area contributed by atoms with E-state index in [1.54, 1.807) is 0 Å². The number of benzene rings is 1. The van der Waals surface area contributed by atoms with Crippen LogP contribution in [-0.2, 0) is 0 Å². The maximum Gasteiger partial charge on any atom is 0.261 e. The lowest BCUT2D eigenvalue weighted by Gasteiger charge is -2.21. The number of nitrogens with zero attached hydrogens (tertiary/aromatic N) is 1. The van der Waals surface area contributed by atoms with E-state index in [9.17, 15) is 4.91 Å². The molecule has 3 nitrogen and oxygen atoms in total. The topological polar surface area (TPSA) is 46.1 Å². The monoisotopic (exact) mass is 233 g/mol. The van der Waals surface area contributed by atoms with Gasteiger partial charge in [0.25, 0.3) is 11.9 Å². The summed E-state index contributed by atoms with van der Waals surface area (Å²) in [5, 5.41) is 0. The van der Waals surface area contributed by atoms with Gasteiger partial charge in [-0.05, 0) is 19.8 Å². The van der Waals surface area contributed by atoms with Crippen LogP contribution >= 0.6 is 0 Å². The zero-order chi connectivity index (χ0) is 12.3. The van der Waals surface area contributed by atoms with E-state index in [0.29, 0.717) is 11.6 Å². The minimum Gasteiger partial charge on any atom is -0.269 e. The Morgan fingerprint density at radius 1 is 1.18 bits per heavy atom. The van der Waals surface area contributed by atoms with Crippen LogP contribution in [0.5, 0.6) is 0 Å². The molecule has 0 heterocycles. The number of hydrogen-bond acceptors (Lipinski definition) is 2. The van der Waals surface area contributed by atoms with Crippen LogP contribution in [0.15, 0.2) is 24.3 Å². The van der Waals surface area contributed by atoms with Gasteiger partial charge in [0.05, 0.1) is 4.76 Å². The summed E-state index contributed by atoms with van der Waals surface area (Å²) in [6, 6.07) is 7.61. The standard InChI is InChI=1S/C14H21N2O/c1-11-7-9-13(10-8-11)16(17)14(15)12-5-3-2-4-6-12/h7-10,12,14H,2-6,15H2,1H3/q+1. The largest absolute Gasteiger partial charge is 0.269 e. The van der Waals surface area contributed by atoms with Crippen molar-refractivity contribution in [3.63, 3.8) is 0 Å². The summed E-state index contributed by atoms with van der Waals surface area (Å²) in [5.74, 6) is 0.350. The molecule has 0 aliphatic heterocycles. The van der Waals surface area contributed by atoms with Crippen LogP contribution in [0, 0.1) is 17.7 Å². The molecule has 0 radical (unpaired) electrons. The van der Waals surface area contributed by atoms with E-state index in [2.05, 4.69) is 0 Å². The fourth-order valence-corrected chi connectivity index (χ4v) is 2.53. The Labute approximate surface area is 103 Å². The molecule has 1 aliphatic rings. The lowest BCUT2D eigenvalue weighted by molar-refractivity contribution is -0.516. The number of nitrogens with two attached hydrogens (primary N) is 1. The van der Waals surface area contributed by atoms with Gasteiger partial charge in [-0.2, -0.15) is 0 Å². The highest BCUT2D eigenvalue weighted by atomic mass is 16.3. The number of rotatable bonds is 3. The summed E-state index contributed by atoms with van der Waals surface area (Å²) in [7, 11) is 0. The Morgan fingerprint density at radius 2 is 1.76 bits per heavy atom. The molecule has 3 heteroatoms. The molecular weight excluding hydrogens is 212 g/mol. The van der Waals surface area contributed by atoms with Crippen LogP contribution in [0.25, 0.3) is 0 Å². The van der Waals surface area contributed by atoms with Crippen LogP contribution in [0.2, 0.25) is 0 Å². The molecule has 1 saturated carbocycles. The molecule has 1 atom stereocenters. The van der Waals surface area contributed by atoms with E-state index in [0.717, 1.165) is 23.2 Å². The van der Waals surface area contributed by atoms with Gasteiger partial charge in [0.15, 0.2) is 0 Å². The Balaban J connectivity index is 2.05. The molecule has 1 aromatic rings. The highest BCUT2D eigenvalue weighted by molar-refractivity contribution is 5.32. The second-order valence-corrected chi connectivity index (χ2v) is 5.05. The molecule has 17 heavy (non-hydrogen) atoms. The SMILES string of the molecule is Cc1ccc([N+](=O)C(N)C2CCCCC2)cc1. The normalized spacial score (nSPS) is 18.9. The summed E-state index contributed by atoms with van der Waals surface area (Å²) in [5.41, 5.74) is 7.91. The predicted molar refractivity (Wildman–Crippen MR) is 69.0 cm³/mol. The molecule has 0 bridgehead atoms. The van der Waals surface area contributed by atoms with Gasteiger partial charge < -0.3 is 0 Å². The first-order valence-corrected chi connectivity index (χ1v) is 6.47. The van der Waals surface area contributed by atoms with Gasteiger partial charge in [0.2, 0.25) is 0 Å². The van der Waals surface area contributed by atoms with Crippen LogP contribution in [-0.4, -0.2) is 10.9 Å². The molecule has 0 amide bonds. The maximum atomic E-state index is 12.1. The zero-order valence-electron chi connectivity index (χ0n) is 10.4. The molecule has 92 valence electrons. The highest BCUT2D eigenvalue weighted by Gasteiger charge is 2.33. The maximum absolute atomic E-state index is 12.1. The van der Waals surface area contributed by atoms with Gasteiger partial charge in [-0.15, -0.1) is 0 Å². The van der Waals surface area contributed by atoms with Crippen molar-refractivity contribution in [3.8, 4) is 0 Å². The van der Waals surface area contributed by atoms with Crippen LogP contribution in [0.3, 0.4) is 0 Å². The third kappa shape index (κ3) is 2.91. The van der Waals surface area contributed by atoms with Gasteiger partial charge in [0.1, 0.15) is 0 Å². The summed E-state index contributed by atoms with van der Waals surface area (Å²) in [6.07, 6.45) is 5.49. The van der Waals surface area contributed by atoms with Crippen molar-refractivity contribution in [2.45, 2.75) is 45.2 Å². The van der Waals surface area contributed by atoms with Crippen molar-refractivity contribution >= 4 is 5.69 Å². The average molecular weight is 233 g/mol. The molecular formula is C14H21N2O+. The first-order valence-electron chi connectivity index (χ1n) is 6.47. The lowest BCUT2D eigenvalue weighted by atomic mass is 9.87. The van der Waals surface area contributed by atoms with Crippen LogP contribution < -0.4 is 5.73 Å². The first kappa shape index (κ1) is 12.2. The van der Waals surface area contributed by atoms with Gasteiger partial charge >= 0.3 is 0 Å². The summed E-state index contributed by atoms with van der Waals surface area (Å²) in [6.45, 7) is 2.01. The second-order valence-electron chi connectivity index (χ2n) is 5.05. The lowest BCUT2D eigenvalue weighted by Crippen LogP contribution is -2.39. The zero-order valence-corrected chi connectivity index (χ0v) is 10.4. The molecule has 1 fully saturated rings. The Morgan fingerprint density at radius 3 is 2.35 bits per heavy atom. The Hall–Kier alpha value is -1.22. The second kappa shape index (κ2) is 5.41. The van der Waals surface area contributed by atoms with E-state index in [1.165, 1.54) is 19.3 Å². The van der Waals surface area contributed by atoms with Gasteiger partial charge in [-0.3, -0.25) is 5.73 Å². The fraction of sp³-hybridized carbons (Fsp3) is 0.571. The summed E-state index contributed by atoms with van der Waals surface area (Å²) < 4.78 is 0.982. The van der Waals surface area contributed by atoms with E-state index in [-0.39, 0.29) is 0 Å². The quantitative estimate of drug-likeness (QED) is 0.643. The fourth-order valence-electron chi connectivity index (χ4n) is 2.53. The molecule has 2 N–H and O–H groups in total. The molecule has 1 unspecified atom stereocenters. The Kier molecular flexibility index (Phi) is 3.89. The molecule has 1 aromatic carbocycles. The number of hydrogen-bond donors (Lipinski definition) is 1. The first-order chi connectivity index (χ1) is 8.18. The van der Waals surface area contributed by atoms with E-state index < -0.39 is 6.17 Å². The van der Waals surface area contributed by atoms with Crippen LogP contribution in [0.1, 0.15) is 37.7 Å². The molecule has 1 aliphatic carbocycles. The average Bonchev–Trinajstić information content (AvgIpc) is 2.39. The number of nitroso groups, excluding NO2 is 1. The predicted octanol–water partition coefficient (Wildman–Crippen LogP) is 3.27. The Bertz CT molecular complexity index is 380. The van der Waals surface area contributed by atoms with Crippen molar-refractivity contribution in [1.82, 2.24) is 0 Å². The van der Waals surface area contributed by atoms with E-state index in [1.807, 2.05) is 31.2 Å². The third-order valence-electron chi connectivity index (χ3n) is 3.69. The van der Waals surface area contributed by atoms with Crippen LogP contribution in [0.4, 0.5) is 5.69 Å². The molecule has 0 saturated heterocycles. The van der Waals surface area contributed by atoms with Crippen molar-refractivity contribution in [2.75, 3.05) is 0 Å². The summed E-state index contributed by atoms with van der Waals surface area (Å²) >= 11 is 0. The number of aryl methyl sites for hydroxylation is 1. The third-order valence-corrected chi connectivity index (χ3v) is 3.69. The molecule has 2 rings (SSSR count). The summed E-state index contributed by atoms with van der Waals surface area (Å²) in [4.78, 5) is 12.1. The van der Waals surface area contributed by atoms with E-state index in [4.69, 9.17) is 5.73 Å². The molecule has 0 spiro atoms. The van der Waals surface area contributed by atoms with E-state index >= 15 is 0 Å². The van der Waals surface area contributed by atoms with Gasteiger partial charge in [0, 0.05) is 23.0 Å².